The molecule has 1 amide bonds. The van der Waals surface area contributed by atoms with Crippen LogP contribution in [0.3, 0.4) is 0 Å². The average molecular weight is 482 g/mol. The van der Waals surface area contributed by atoms with Gasteiger partial charge in [-0.05, 0) is 39.5 Å². The second-order valence-electron chi connectivity index (χ2n) is 7.08. The Balaban J connectivity index is 0.00000338. The standard InChI is InChI=1S/C18H34N4O3.HI/c1-3-19-16(20-14-18(24)10-6-5-7-11-18)21-15-8-12-22(13-9-15)17(23)25-4-2;/h15,24H,3-14H2,1-2H3,(H2,19,20,21);1H. The van der Waals surface area contributed by atoms with E-state index in [4.69, 9.17) is 4.74 Å². The topological polar surface area (TPSA) is 86.2 Å². The second-order valence-corrected chi connectivity index (χ2v) is 7.08. The Hall–Kier alpha value is -0.770. The van der Waals surface area contributed by atoms with Gasteiger partial charge in [0.2, 0.25) is 0 Å². The lowest BCUT2D eigenvalue weighted by atomic mass is 9.85. The molecule has 0 aromatic heterocycles. The predicted octanol–water partition coefficient (Wildman–Crippen LogP) is 2.48. The lowest BCUT2D eigenvalue weighted by Crippen LogP contribution is -2.50. The van der Waals surface area contributed by atoms with Crippen molar-refractivity contribution in [2.45, 2.75) is 70.4 Å². The first-order chi connectivity index (χ1) is 12.1. The van der Waals surface area contributed by atoms with Crippen LogP contribution in [0.15, 0.2) is 4.99 Å². The molecular weight excluding hydrogens is 447 g/mol. The van der Waals surface area contributed by atoms with Gasteiger partial charge in [-0.15, -0.1) is 24.0 Å². The predicted molar refractivity (Wildman–Crippen MR) is 114 cm³/mol. The van der Waals surface area contributed by atoms with Gasteiger partial charge in [-0.2, -0.15) is 0 Å². The number of hydrogen-bond acceptors (Lipinski definition) is 4. The van der Waals surface area contributed by atoms with Crippen molar-refractivity contribution >= 4 is 36.0 Å². The van der Waals surface area contributed by atoms with E-state index in [9.17, 15) is 9.90 Å². The van der Waals surface area contributed by atoms with Crippen molar-refractivity contribution in [2.75, 3.05) is 32.8 Å². The van der Waals surface area contributed by atoms with Crippen LogP contribution < -0.4 is 10.6 Å². The highest BCUT2D eigenvalue weighted by Crippen LogP contribution is 2.28. The van der Waals surface area contributed by atoms with Crippen LogP contribution in [0, 0.1) is 0 Å². The van der Waals surface area contributed by atoms with Crippen LogP contribution in [0.2, 0.25) is 0 Å². The van der Waals surface area contributed by atoms with Crippen molar-refractivity contribution in [3.63, 3.8) is 0 Å². The number of aliphatic hydroxyl groups is 1. The van der Waals surface area contributed by atoms with Gasteiger partial charge < -0.3 is 25.4 Å². The van der Waals surface area contributed by atoms with Crippen molar-refractivity contribution in [3.8, 4) is 0 Å². The molecule has 0 aromatic carbocycles. The molecule has 2 aliphatic rings. The number of ether oxygens (including phenoxy) is 1. The van der Waals surface area contributed by atoms with Crippen molar-refractivity contribution in [1.82, 2.24) is 15.5 Å². The third-order valence-corrected chi connectivity index (χ3v) is 5.02. The molecule has 7 nitrogen and oxygen atoms in total. The lowest BCUT2D eigenvalue weighted by molar-refractivity contribution is 0.0131. The van der Waals surface area contributed by atoms with E-state index in [0.29, 0.717) is 26.2 Å². The van der Waals surface area contributed by atoms with E-state index in [2.05, 4.69) is 15.6 Å². The van der Waals surface area contributed by atoms with Gasteiger partial charge in [-0.1, -0.05) is 19.3 Å². The number of rotatable bonds is 5. The SMILES string of the molecule is CCNC(=NCC1(O)CCCCC1)NC1CCN(C(=O)OCC)CC1.I. The van der Waals surface area contributed by atoms with Gasteiger partial charge in [0.25, 0.3) is 0 Å². The summed E-state index contributed by atoms with van der Waals surface area (Å²) in [6.07, 6.45) is 6.58. The van der Waals surface area contributed by atoms with Crippen LogP contribution in [0.1, 0.15) is 58.8 Å². The summed E-state index contributed by atoms with van der Waals surface area (Å²) in [5.41, 5.74) is -0.645. The van der Waals surface area contributed by atoms with Crippen LogP contribution in [0.4, 0.5) is 4.79 Å². The largest absolute Gasteiger partial charge is 0.450 e. The normalized spacial score (nSPS) is 20.9. The first-order valence-corrected chi connectivity index (χ1v) is 9.75. The number of carbonyl (C=O) groups excluding carboxylic acids is 1. The zero-order chi connectivity index (χ0) is 18.1. The van der Waals surface area contributed by atoms with Crippen molar-refractivity contribution in [3.05, 3.63) is 0 Å². The minimum Gasteiger partial charge on any atom is -0.450 e. The van der Waals surface area contributed by atoms with E-state index in [-0.39, 0.29) is 36.1 Å². The van der Waals surface area contributed by atoms with Gasteiger partial charge >= 0.3 is 6.09 Å². The number of nitrogens with one attached hydrogen (secondary N) is 2. The Morgan fingerprint density at radius 3 is 2.46 bits per heavy atom. The highest BCUT2D eigenvalue weighted by molar-refractivity contribution is 14.0. The maximum absolute atomic E-state index is 11.8. The summed E-state index contributed by atoms with van der Waals surface area (Å²) < 4.78 is 5.06. The monoisotopic (exact) mass is 482 g/mol. The number of guanidine groups is 1. The Labute approximate surface area is 174 Å². The third-order valence-electron chi connectivity index (χ3n) is 5.02. The average Bonchev–Trinajstić information content (AvgIpc) is 2.61. The quantitative estimate of drug-likeness (QED) is 0.319. The van der Waals surface area contributed by atoms with E-state index in [0.717, 1.165) is 51.0 Å². The summed E-state index contributed by atoms with van der Waals surface area (Å²) in [4.78, 5) is 18.1. The van der Waals surface area contributed by atoms with Crippen LogP contribution in [-0.2, 0) is 4.74 Å². The molecule has 8 heteroatoms. The summed E-state index contributed by atoms with van der Waals surface area (Å²) in [5.74, 6) is 0.760. The van der Waals surface area contributed by atoms with Gasteiger partial charge in [-0.25, -0.2) is 4.79 Å². The molecule has 0 atom stereocenters. The fourth-order valence-electron chi connectivity index (χ4n) is 3.53. The molecule has 0 unspecified atom stereocenters. The smallest absolute Gasteiger partial charge is 0.409 e. The molecule has 1 heterocycles. The summed E-state index contributed by atoms with van der Waals surface area (Å²) in [5, 5.41) is 17.3. The minimum absolute atomic E-state index is 0. The molecule has 1 saturated carbocycles. The maximum Gasteiger partial charge on any atom is 0.409 e. The third kappa shape index (κ3) is 7.46. The molecule has 0 bridgehead atoms. The number of hydrogen-bond donors (Lipinski definition) is 3. The first kappa shape index (κ1) is 23.3. The molecule has 0 aromatic rings. The molecule has 1 saturated heterocycles. The fraction of sp³-hybridized carbons (Fsp3) is 0.889. The summed E-state index contributed by atoms with van der Waals surface area (Å²) >= 11 is 0. The van der Waals surface area contributed by atoms with Crippen LogP contribution in [0.25, 0.3) is 0 Å². The van der Waals surface area contributed by atoms with Gasteiger partial charge in [0.1, 0.15) is 0 Å². The van der Waals surface area contributed by atoms with Crippen LogP contribution >= 0.6 is 24.0 Å². The Morgan fingerprint density at radius 1 is 1.23 bits per heavy atom. The second kappa shape index (κ2) is 11.8. The highest BCUT2D eigenvalue weighted by Gasteiger charge is 2.29. The number of halogens is 1. The molecular formula is C18H35IN4O3. The minimum atomic E-state index is -0.645. The molecule has 0 radical (unpaired) electrons. The zero-order valence-electron chi connectivity index (χ0n) is 16.1. The van der Waals surface area contributed by atoms with E-state index >= 15 is 0 Å². The molecule has 0 spiro atoms. The van der Waals surface area contributed by atoms with Crippen molar-refractivity contribution in [1.29, 1.82) is 0 Å². The molecule has 152 valence electrons. The zero-order valence-corrected chi connectivity index (χ0v) is 18.5. The van der Waals surface area contributed by atoms with Gasteiger partial charge in [0, 0.05) is 25.7 Å². The molecule has 2 fully saturated rings. The molecule has 3 N–H and O–H groups in total. The number of aliphatic imine (C=N–C) groups is 1. The Morgan fingerprint density at radius 2 is 1.88 bits per heavy atom. The van der Waals surface area contributed by atoms with Crippen molar-refractivity contribution < 1.29 is 14.6 Å². The summed E-state index contributed by atoms with van der Waals surface area (Å²) in [6.45, 7) is 6.90. The van der Waals surface area contributed by atoms with Gasteiger partial charge in [-0.3, -0.25) is 4.99 Å². The molecule has 1 aliphatic heterocycles. The lowest BCUT2D eigenvalue weighted by Gasteiger charge is -2.33. The number of carbonyl (C=O) groups is 1. The van der Waals surface area contributed by atoms with E-state index < -0.39 is 5.60 Å². The summed E-state index contributed by atoms with van der Waals surface area (Å²) in [7, 11) is 0. The maximum atomic E-state index is 11.8. The molecule has 2 rings (SSSR count). The Bertz CT molecular complexity index is 448. The van der Waals surface area contributed by atoms with Crippen molar-refractivity contribution in [2.24, 2.45) is 4.99 Å². The highest BCUT2D eigenvalue weighted by atomic mass is 127. The number of piperidine rings is 1. The number of nitrogens with zero attached hydrogens (tertiary/aromatic N) is 2. The van der Waals surface area contributed by atoms with Gasteiger partial charge in [0.15, 0.2) is 5.96 Å². The van der Waals surface area contributed by atoms with Crippen LogP contribution in [0.5, 0.6) is 0 Å². The molecule has 26 heavy (non-hydrogen) atoms. The number of amides is 1. The Kier molecular flexibility index (Phi) is 10.6. The van der Waals surface area contributed by atoms with E-state index in [1.807, 2.05) is 13.8 Å². The first-order valence-electron chi connectivity index (χ1n) is 9.75. The van der Waals surface area contributed by atoms with Crippen LogP contribution in [-0.4, -0.2) is 66.5 Å². The fourth-order valence-corrected chi connectivity index (χ4v) is 3.53. The number of likely N-dealkylation sites (tertiary alicyclic amines) is 1. The van der Waals surface area contributed by atoms with Gasteiger partial charge in [0.05, 0.1) is 18.8 Å². The van der Waals surface area contributed by atoms with E-state index in [1.165, 1.54) is 6.42 Å². The summed E-state index contributed by atoms with van der Waals surface area (Å²) in [6, 6.07) is 0.282. The molecule has 1 aliphatic carbocycles. The van der Waals surface area contributed by atoms with E-state index in [1.54, 1.807) is 4.90 Å².